The smallest absolute Gasteiger partial charge is 0.183 e. The SMILES string of the molecule is CCOC(OCC)C(O)Cc1nn(C)c2ccccc12. The minimum absolute atomic E-state index is 0.409. The van der Waals surface area contributed by atoms with Crippen molar-refractivity contribution in [1.29, 1.82) is 0 Å². The van der Waals surface area contributed by atoms with Gasteiger partial charge in [0.25, 0.3) is 0 Å². The lowest BCUT2D eigenvalue weighted by atomic mass is 10.1. The van der Waals surface area contributed by atoms with Crippen LogP contribution in [0.1, 0.15) is 19.5 Å². The standard InChI is InChI=1S/C15H22N2O3/c1-4-19-15(20-5-2)14(18)10-12-11-8-6-7-9-13(11)17(3)16-12/h6-9,14-15,18H,4-5,10H2,1-3H3. The Hall–Kier alpha value is -1.43. The van der Waals surface area contributed by atoms with E-state index in [-0.39, 0.29) is 0 Å². The molecule has 20 heavy (non-hydrogen) atoms. The Morgan fingerprint density at radius 1 is 1.20 bits per heavy atom. The molecule has 1 heterocycles. The van der Waals surface area contributed by atoms with Gasteiger partial charge >= 0.3 is 0 Å². The second-order valence-electron chi connectivity index (χ2n) is 4.64. The fraction of sp³-hybridized carbons (Fsp3) is 0.533. The molecule has 0 amide bonds. The van der Waals surface area contributed by atoms with Gasteiger partial charge in [0, 0.05) is 32.1 Å². The predicted octanol–water partition coefficient (Wildman–Crippen LogP) is 1.88. The van der Waals surface area contributed by atoms with E-state index in [9.17, 15) is 5.11 Å². The quantitative estimate of drug-likeness (QED) is 0.786. The average molecular weight is 278 g/mol. The molecule has 0 aliphatic rings. The van der Waals surface area contributed by atoms with Gasteiger partial charge in [0.1, 0.15) is 6.10 Å². The van der Waals surface area contributed by atoms with Crippen LogP contribution in [0.4, 0.5) is 0 Å². The predicted molar refractivity (Wildman–Crippen MR) is 77.5 cm³/mol. The first-order valence-electron chi connectivity index (χ1n) is 6.99. The second kappa shape index (κ2) is 6.83. The van der Waals surface area contributed by atoms with Gasteiger partial charge in [0.15, 0.2) is 6.29 Å². The topological polar surface area (TPSA) is 56.5 Å². The van der Waals surface area contributed by atoms with E-state index in [4.69, 9.17) is 9.47 Å². The number of hydrogen-bond donors (Lipinski definition) is 1. The molecule has 1 unspecified atom stereocenters. The van der Waals surface area contributed by atoms with Crippen molar-refractivity contribution in [1.82, 2.24) is 9.78 Å². The zero-order valence-corrected chi connectivity index (χ0v) is 12.2. The normalized spacial score (nSPS) is 13.2. The van der Waals surface area contributed by atoms with Gasteiger partial charge in [-0.3, -0.25) is 4.68 Å². The van der Waals surface area contributed by atoms with Crippen LogP contribution in [0.2, 0.25) is 0 Å². The third-order valence-corrected chi connectivity index (χ3v) is 3.21. The van der Waals surface area contributed by atoms with E-state index >= 15 is 0 Å². The van der Waals surface area contributed by atoms with Crippen LogP contribution in [0.3, 0.4) is 0 Å². The average Bonchev–Trinajstić information content (AvgIpc) is 2.76. The Bertz CT molecular complexity index is 547. The Morgan fingerprint density at radius 2 is 1.85 bits per heavy atom. The van der Waals surface area contributed by atoms with Crippen molar-refractivity contribution in [3.63, 3.8) is 0 Å². The fourth-order valence-electron chi connectivity index (χ4n) is 2.33. The summed E-state index contributed by atoms with van der Waals surface area (Å²) in [5, 5.41) is 15.8. The van der Waals surface area contributed by atoms with Gasteiger partial charge in [-0.1, -0.05) is 18.2 Å². The number of nitrogens with zero attached hydrogens (tertiary/aromatic N) is 2. The van der Waals surface area contributed by atoms with Crippen molar-refractivity contribution in [3.05, 3.63) is 30.0 Å². The number of aromatic nitrogens is 2. The monoisotopic (exact) mass is 278 g/mol. The van der Waals surface area contributed by atoms with Gasteiger partial charge in [0.2, 0.25) is 0 Å². The molecular formula is C15H22N2O3. The van der Waals surface area contributed by atoms with Gasteiger partial charge in [-0.15, -0.1) is 0 Å². The van der Waals surface area contributed by atoms with Gasteiger partial charge in [-0.05, 0) is 19.9 Å². The maximum atomic E-state index is 10.3. The van der Waals surface area contributed by atoms with Crippen molar-refractivity contribution in [2.24, 2.45) is 7.05 Å². The summed E-state index contributed by atoms with van der Waals surface area (Å²) < 4.78 is 12.7. The van der Waals surface area contributed by atoms with Crippen molar-refractivity contribution >= 4 is 10.9 Å². The molecule has 0 spiro atoms. The van der Waals surface area contributed by atoms with E-state index in [2.05, 4.69) is 5.10 Å². The van der Waals surface area contributed by atoms with Crippen LogP contribution >= 0.6 is 0 Å². The Morgan fingerprint density at radius 3 is 2.50 bits per heavy atom. The summed E-state index contributed by atoms with van der Waals surface area (Å²) in [6.07, 6.45) is -0.926. The molecule has 2 rings (SSSR count). The van der Waals surface area contributed by atoms with Gasteiger partial charge in [-0.25, -0.2) is 0 Å². The molecule has 0 bridgehead atoms. The number of aryl methyl sites for hydroxylation is 1. The molecule has 0 aliphatic carbocycles. The maximum absolute atomic E-state index is 10.3. The molecule has 1 aromatic heterocycles. The molecule has 110 valence electrons. The van der Waals surface area contributed by atoms with Crippen molar-refractivity contribution in [2.45, 2.75) is 32.7 Å². The highest BCUT2D eigenvalue weighted by Crippen LogP contribution is 2.20. The zero-order chi connectivity index (χ0) is 14.5. The highest BCUT2D eigenvalue weighted by molar-refractivity contribution is 5.81. The number of ether oxygens (including phenoxy) is 2. The summed E-state index contributed by atoms with van der Waals surface area (Å²) in [6.45, 7) is 4.78. The largest absolute Gasteiger partial charge is 0.387 e. The molecule has 0 aliphatic heterocycles. The lowest BCUT2D eigenvalue weighted by Gasteiger charge is -2.22. The number of hydrogen-bond acceptors (Lipinski definition) is 4. The molecule has 1 aromatic carbocycles. The highest BCUT2D eigenvalue weighted by atomic mass is 16.7. The van der Waals surface area contributed by atoms with Crippen molar-refractivity contribution in [2.75, 3.05) is 13.2 Å². The van der Waals surface area contributed by atoms with Crippen LogP contribution in [0.15, 0.2) is 24.3 Å². The third-order valence-electron chi connectivity index (χ3n) is 3.21. The maximum Gasteiger partial charge on any atom is 0.183 e. The Balaban J connectivity index is 2.18. The van der Waals surface area contributed by atoms with E-state index in [1.807, 2.05) is 49.8 Å². The minimum Gasteiger partial charge on any atom is -0.387 e. The van der Waals surface area contributed by atoms with Gasteiger partial charge < -0.3 is 14.6 Å². The van der Waals surface area contributed by atoms with Crippen LogP contribution in [-0.4, -0.2) is 40.5 Å². The molecule has 1 atom stereocenters. The summed E-state index contributed by atoms with van der Waals surface area (Å²) >= 11 is 0. The first kappa shape index (κ1) is 15.0. The molecular weight excluding hydrogens is 256 g/mol. The van der Waals surface area contributed by atoms with E-state index in [0.717, 1.165) is 16.6 Å². The molecule has 5 heteroatoms. The summed E-state index contributed by atoms with van der Waals surface area (Å²) in [5.74, 6) is 0. The first-order valence-corrected chi connectivity index (χ1v) is 6.99. The van der Waals surface area contributed by atoms with Crippen molar-refractivity contribution in [3.8, 4) is 0 Å². The van der Waals surface area contributed by atoms with Crippen LogP contribution in [0, 0.1) is 0 Å². The second-order valence-corrected chi connectivity index (χ2v) is 4.64. The number of fused-ring (bicyclic) bond motifs is 1. The Labute approximate surface area is 119 Å². The third kappa shape index (κ3) is 3.17. The van der Waals surface area contributed by atoms with Crippen LogP contribution in [0.5, 0.6) is 0 Å². The van der Waals surface area contributed by atoms with Crippen LogP contribution in [-0.2, 0) is 22.9 Å². The van der Waals surface area contributed by atoms with Gasteiger partial charge in [-0.2, -0.15) is 5.10 Å². The highest BCUT2D eigenvalue weighted by Gasteiger charge is 2.22. The number of rotatable bonds is 7. The lowest BCUT2D eigenvalue weighted by molar-refractivity contribution is -0.188. The van der Waals surface area contributed by atoms with E-state index in [0.29, 0.717) is 19.6 Å². The molecule has 0 saturated carbocycles. The molecule has 2 aromatic rings. The molecule has 0 radical (unpaired) electrons. The summed E-state index contributed by atoms with van der Waals surface area (Å²) in [6, 6.07) is 7.98. The summed E-state index contributed by atoms with van der Waals surface area (Å²) in [7, 11) is 1.90. The number of benzene rings is 1. The number of aliphatic hydroxyl groups excluding tert-OH is 1. The van der Waals surface area contributed by atoms with Crippen molar-refractivity contribution < 1.29 is 14.6 Å². The fourth-order valence-corrected chi connectivity index (χ4v) is 2.33. The van der Waals surface area contributed by atoms with E-state index < -0.39 is 12.4 Å². The van der Waals surface area contributed by atoms with E-state index in [1.54, 1.807) is 0 Å². The lowest BCUT2D eigenvalue weighted by Crippen LogP contribution is -2.33. The van der Waals surface area contributed by atoms with Crippen LogP contribution in [0.25, 0.3) is 10.9 Å². The summed E-state index contributed by atoms with van der Waals surface area (Å²) in [4.78, 5) is 0. The Kier molecular flexibility index (Phi) is 5.11. The number of para-hydroxylation sites is 1. The molecule has 0 fully saturated rings. The van der Waals surface area contributed by atoms with Crippen LogP contribution < -0.4 is 0 Å². The molecule has 5 nitrogen and oxygen atoms in total. The van der Waals surface area contributed by atoms with Gasteiger partial charge in [0.05, 0.1) is 11.2 Å². The molecule has 1 N–H and O–H groups in total. The molecule has 0 saturated heterocycles. The van der Waals surface area contributed by atoms with E-state index in [1.165, 1.54) is 0 Å². The number of aliphatic hydroxyl groups is 1. The summed E-state index contributed by atoms with van der Waals surface area (Å²) in [5.41, 5.74) is 1.92. The first-order chi connectivity index (χ1) is 9.67. The zero-order valence-electron chi connectivity index (χ0n) is 12.2. The minimum atomic E-state index is -0.729.